The third kappa shape index (κ3) is 3.14. The summed E-state index contributed by atoms with van der Waals surface area (Å²) in [5.41, 5.74) is 7.48. The molecule has 152 valence electrons. The predicted molar refractivity (Wildman–Crippen MR) is 108 cm³/mol. The van der Waals surface area contributed by atoms with Crippen LogP contribution < -0.4 is 16.0 Å². The van der Waals surface area contributed by atoms with E-state index in [4.69, 9.17) is 5.73 Å². The Hall–Kier alpha value is -3.55. The summed E-state index contributed by atoms with van der Waals surface area (Å²) in [4.78, 5) is 17.4. The monoisotopic (exact) mass is 411 g/mol. The molecule has 5 nitrogen and oxygen atoms in total. The van der Waals surface area contributed by atoms with Gasteiger partial charge in [0.15, 0.2) is 0 Å². The highest BCUT2D eigenvalue weighted by Gasteiger charge is 2.31. The molecule has 0 atom stereocenters. The predicted octanol–water partition coefficient (Wildman–Crippen LogP) is 4.90. The number of ether oxygens (including phenoxy) is 1. The SMILES string of the molecule is Nc1cc(=O)n(-c2cccc3c(C4CC4)nccc23)c2cc(OC(F)(F)F)ccc12. The maximum absolute atomic E-state index is 12.9. The number of nitrogens with zero attached hydrogens (tertiary/aromatic N) is 2. The van der Waals surface area contributed by atoms with Gasteiger partial charge in [-0.3, -0.25) is 14.3 Å². The lowest BCUT2D eigenvalue weighted by Gasteiger charge is -2.16. The molecule has 5 rings (SSSR count). The van der Waals surface area contributed by atoms with Crippen molar-refractivity contribution in [2.24, 2.45) is 0 Å². The molecule has 0 spiro atoms. The summed E-state index contributed by atoms with van der Waals surface area (Å²) in [5.74, 6) is -0.0232. The fourth-order valence-electron chi connectivity index (χ4n) is 3.87. The molecule has 2 N–H and O–H groups in total. The van der Waals surface area contributed by atoms with Crippen LogP contribution in [0.3, 0.4) is 0 Å². The molecule has 8 heteroatoms. The highest BCUT2D eigenvalue weighted by molar-refractivity contribution is 5.97. The summed E-state index contributed by atoms with van der Waals surface area (Å²) in [7, 11) is 0. The minimum absolute atomic E-state index is 0.186. The number of hydrogen-bond donors (Lipinski definition) is 1. The van der Waals surface area contributed by atoms with Crippen molar-refractivity contribution in [2.45, 2.75) is 25.1 Å². The van der Waals surface area contributed by atoms with Crippen molar-refractivity contribution in [3.63, 3.8) is 0 Å². The van der Waals surface area contributed by atoms with E-state index in [9.17, 15) is 18.0 Å². The largest absolute Gasteiger partial charge is 0.573 e. The van der Waals surface area contributed by atoms with Gasteiger partial charge in [0.25, 0.3) is 5.56 Å². The van der Waals surface area contributed by atoms with E-state index in [1.807, 2.05) is 12.1 Å². The lowest BCUT2D eigenvalue weighted by Crippen LogP contribution is -2.20. The topological polar surface area (TPSA) is 70.1 Å². The number of fused-ring (bicyclic) bond motifs is 2. The number of rotatable bonds is 3. The Morgan fingerprint density at radius 1 is 1.03 bits per heavy atom. The molecule has 0 amide bonds. The molecule has 1 fully saturated rings. The number of alkyl halides is 3. The van der Waals surface area contributed by atoms with Crippen LogP contribution in [0.1, 0.15) is 24.5 Å². The number of anilines is 1. The summed E-state index contributed by atoms with van der Waals surface area (Å²) >= 11 is 0. The van der Waals surface area contributed by atoms with E-state index in [0.29, 0.717) is 17.0 Å². The highest BCUT2D eigenvalue weighted by atomic mass is 19.4. The van der Waals surface area contributed by atoms with E-state index in [1.54, 1.807) is 18.3 Å². The lowest BCUT2D eigenvalue weighted by atomic mass is 10.0. The lowest BCUT2D eigenvalue weighted by molar-refractivity contribution is -0.274. The molecule has 0 saturated heterocycles. The van der Waals surface area contributed by atoms with Gasteiger partial charge in [-0.1, -0.05) is 12.1 Å². The quantitative estimate of drug-likeness (QED) is 0.521. The number of nitrogen functional groups attached to an aromatic ring is 1. The maximum atomic E-state index is 12.9. The Labute approximate surface area is 168 Å². The maximum Gasteiger partial charge on any atom is 0.573 e. The summed E-state index contributed by atoms with van der Waals surface area (Å²) in [6.07, 6.45) is -1.01. The van der Waals surface area contributed by atoms with Crippen LogP contribution in [-0.2, 0) is 0 Å². The summed E-state index contributed by atoms with van der Waals surface area (Å²) < 4.78 is 43.6. The molecule has 2 aromatic heterocycles. The normalized spacial score (nSPS) is 14.4. The van der Waals surface area contributed by atoms with Gasteiger partial charge >= 0.3 is 6.36 Å². The van der Waals surface area contributed by atoms with Crippen LogP contribution in [0.15, 0.2) is 59.5 Å². The Morgan fingerprint density at radius 2 is 1.83 bits per heavy atom. The van der Waals surface area contributed by atoms with Gasteiger partial charge in [-0.15, -0.1) is 13.2 Å². The highest BCUT2D eigenvalue weighted by Crippen LogP contribution is 2.42. The summed E-state index contributed by atoms with van der Waals surface area (Å²) in [6.45, 7) is 0. The molecule has 30 heavy (non-hydrogen) atoms. The zero-order chi connectivity index (χ0) is 21.0. The van der Waals surface area contributed by atoms with Gasteiger partial charge < -0.3 is 10.5 Å². The Balaban J connectivity index is 1.81. The third-order valence-electron chi connectivity index (χ3n) is 5.27. The van der Waals surface area contributed by atoms with Gasteiger partial charge in [0, 0.05) is 46.1 Å². The number of nitrogens with two attached hydrogens (primary N) is 1. The molecule has 1 aliphatic rings. The van der Waals surface area contributed by atoms with Crippen molar-refractivity contribution in [3.05, 3.63) is 70.8 Å². The molecule has 0 radical (unpaired) electrons. The van der Waals surface area contributed by atoms with Crippen molar-refractivity contribution < 1.29 is 17.9 Å². The molecular weight excluding hydrogens is 395 g/mol. The van der Waals surface area contributed by atoms with Crippen molar-refractivity contribution in [1.29, 1.82) is 0 Å². The molecule has 1 saturated carbocycles. The zero-order valence-electron chi connectivity index (χ0n) is 15.6. The van der Waals surface area contributed by atoms with Gasteiger partial charge in [-0.05, 0) is 37.1 Å². The molecule has 0 unspecified atom stereocenters. The standard InChI is InChI=1S/C22H16F3N3O2/c23-22(24,25)30-13-6-7-16-17(26)11-20(29)28(19(16)10-13)18-3-1-2-15-14(18)8-9-27-21(15)12-4-5-12/h1-3,6-12H,4-5,26H2. The third-order valence-corrected chi connectivity index (χ3v) is 5.27. The first kappa shape index (κ1) is 18.5. The van der Waals surface area contributed by atoms with Gasteiger partial charge in [0.1, 0.15) is 5.75 Å². The second-order valence-electron chi connectivity index (χ2n) is 7.34. The first-order chi connectivity index (χ1) is 14.3. The van der Waals surface area contributed by atoms with Gasteiger partial charge in [0.05, 0.1) is 16.9 Å². The molecule has 4 aromatic rings. The van der Waals surface area contributed by atoms with Crippen LogP contribution >= 0.6 is 0 Å². The van der Waals surface area contributed by atoms with Crippen LogP contribution in [0.25, 0.3) is 27.4 Å². The van der Waals surface area contributed by atoms with E-state index in [2.05, 4.69) is 9.72 Å². The minimum Gasteiger partial charge on any atom is -0.406 e. The van der Waals surface area contributed by atoms with E-state index in [0.717, 1.165) is 29.3 Å². The molecule has 0 bridgehead atoms. The number of benzene rings is 2. The molecular formula is C22H16F3N3O2. The number of halogens is 3. The smallest absolute Gasteiger partial charge is 0.406 e. The molecule has 2 heterocycles. The number of aromatic nitrogens is 2. The van der Waals surface area contributed by atoms with Crippen LogP contribution in [-0.4, -0.2) is 15.9 Å². The summed E-state index contributed by atoms with van der Waals surface area (Å²) in [6, 6.07) is 12.4. The average Bonchev–Trinajstić information content (AvgIpc) is 3.51. The van der Waals surface area contributed by atoms with Crippen molar-refractivity contribution >= 4 is 27.4 Å². The van der Waals surface area contributed by atoms with Crippen LogP contribution in [0.4, 0.5) is 18.9 Å². The second-order valence-corrected chi connectivity index (χ2v) is 7.34. The Bertz CT molecular complexity index is 1360. The fourth-order valence-corrected chi connectivity index (χ4v) is 3.87. The van der Waals surface area contributed by atoms with Crippen molar-refractivity contribution in [3.8, 4) is 11.4 Å². The van der Waals surface area contributed by atoms with Gasteiger partial charge in [-0.25, -0.2) is 0 Å². The second kappa shape index (κ2) is 6.48. The fraction of sp³-hybridized carbons (Fsp3) is 0.182. The first-order valence-corrected chi connectivity index (χ1v) is 9.41. The molecule has 0 aliphatic heterocycles. The van der Waals surface area contributed by atoms with E-state index >= 15 is 0 Å². The minimum atomic E-state index is -4.84. The van der Waals surface area contributed by atoms with Crippen LogP contribution in [0, 0.1) is 0 Å². The van der Waals surface area contributed by atoms with Gasteiger partial charge in [-0.2, -0.15) is 0 Å². The van der Waals surface area contributed by atoms with Crippen molar-refractivity contribution in [1.82, 2.24) is 9.55 Å². The Morgan fingerprint density at radius 3 is 2.57 bits per heavy atom. The molecule has 2 aromatic carbocycles. The summed E-state index contributed by atoms with van der Waals surface area (Å²) in [5, 5.41) is 2.18. The number of pyridine rings is 2. The van der Waals surface area contributed by atoms with Crippen LogP contribution in [0.2, 0.25) is 0 Å². The number of hydrogen-bond acceptors (Lipinski definition) is 4. The van der Waals surface area contributed by atoms with E-state index in [1.165, 1.54) is 28.8 Å². The van der Waals surface area contributed by atoms with Gasteiger partial charge in [0.2, 0.25) is 0 Å². The van der Waals surface area contributed by atoms with Crippen LogP contribution in [0.5, 0.6) is 5.75 Å². The van der Waals surface area contributed by atoms with Crippen molar-refractivity contribution in [2.75, 3.05) is 5.73 Å². The molecule has 1 aliphatic carbocycles. The Kier molecular flexibility index (Phi) is 3.99. The zero-order valence-corrected chi connectivity index (χ0v) is 15.6. The van der Waals surface area contributed by atoms with E-state index in [-0.39, 0.29) is 11.2 Å². The average molecular weight is 411 g/mol. The van der Waals surface area contributed by atoms with E-state index < -0.39 is 17.7 Å². The first-order valence-electron chi connectivity index (χ1n) is 9.41.